The van der Waals surface area contributed by atoms with Crippen molar-refractivity contribution in [1.29, 1.82) is 0 Å². The lowest BCUT2D eigenvalue weighted by Gasteiger charge is -2.08. The Hall–Kier alpha value is -2.92. The Morgan fingerprint density at radius 1 is 0.885 bits per heavy atom. The van der Waals surface area contributed by atoms with E-state index < -0.39 is 0 Å². The minimum Gasteiger partial charge on any atom is -0.489 e. The van der Waals surface area contributed by atoms with E-state index in [0.29, 0.717) is 6.61 Å². The first-order valence-electron chi connectivity index (χ1n) is 8.56. The Kier molecular flexibility index (Phi) is 5.07. The fraction of sp³-hybridized carbons (Fsp3) is 0.143. The zero-order chi connectivity index (χ0) is 17.6. The highest BCUT2D eigenvalue weighted by Crippen LogP contribution is 2.24. The third-order valence-electron chi connectivity index (χ3n) is 4.12. The first-order chi connectivity index (χ1) is 12.9. The van der Waals surface area contributed by atoms with Gasteiger partial charge in [0.05, 0.1) is 10.2 Å². The molecule has 0 bridgehead atoms. The number of rotatable bonds is 7. The molecule has 4 rings (SSSR count). The first kappa shape index (κ1) is 16.5. The average Bonchev–Trinajstić information content (AvgIpc) is 3.18. The summed E-state index contributed by atoms with van der Waals surface area (Å²) >= 11 is 1.66. The standard InChI is InChI=1S/C21H19N3OS/c1-2-4-17(5-3-1)14-25-18-8-6-16(7-9-18)10-12-22-21-20-19(11-13-26-20)23-15-24-21/h1-9,11,13,15H,10,12,14H2,(H,22,23,24). The number of benzene rings is 2. The maximum Gasteiger partial charge on any atom is 0.147 e. The molecule has 4 nitrogen and oxygen atoms in total. The largest absolute Gasteiger partial charge is 0.489 e. The van der Waals surface area contributed by atoms with Crippen LogP contribution in [0.15, 0.2) is 72.4 Å². The molecular formula is C21H19N3OS. The number of thiophene rings is 1. The molecule has 5 heteroatoms. The maximum absolute atomic E-state index is 5.83. The second-order valence-corrected chi connectivity index (χ2v) is 6.87. The molecular weight excluding hydrogens is 342 g/mol. The molecule has 2 heterocycles. The van der Waals surface area contributed by atoms with Gasteiger partial charge < -0.3 is 10.1 Å². The van der Waals surface area contributed by atoms with Crippen LogP contribution < -0.4 is 10.1 Å². The monoisotopic (exact) mass is 361 g/mol. The lowest BCUT2D eigenvalue weighted by atomic mass is 10.1. The Labute approximate surface area is 156 Å². The molecule has 26 heavy (non-hydrogen) atoms. The molecule has 0 aliphatic carbocycles. The fourth-order valence-electron chi connectivity index (χ4n) is 2.73. The molecule has 0 spiro atoms. The molecule has 0 unspecified atom stereocenters. The topological polar surface area (TPSA) is 47.0 Å². The van der Waals surface area contributed by atoms with Crippen LogP contribution in [0.5, 0.6) is 5.75 Å². The van der Waals surface area contributed by atoms with E-state index in [1.54, 1.807) is 17.7 Å². The number of hydrogen-bond donors (Lipinski definition) is 1. The number of fused-ring (bicyclic) bond motifs is 1. The van der Waals surface area contributed by atoms with Crippen LogP contribution in [0.1, 0.15) is 11.1 Å². The predicted molar refractivity (Wildman–Crippen MR) is 107 cm³/mol. The molecule has 0 fully saturated rings. The van der Waals surface area contributed by atoms with E-state index >= 15 is 0 Å². The second-order valence-electron chi connectivity index (χ2n) is 5.95. The Balaban J connectivity index is 1.29. The van der Waals surface area contributed by atoms with E-state index in [4.69, 9.17) is 4.74 Å². The lowest BCUT2D eigenvalue weighted by Crippen LogP contribution is -2.06. The molecule has 0 atom stereocenters. The summed E-state index contributed by atoms with van der Waals surface area (Å²) < 4.78 is 6.94. The lowest BCUT2D eigenvalue weighted by molar-refractivity contribution is 0.306. The first-order valence-corrected chi connectivity index (χ1v) is 9.44. The Morgan fingerprint density at radius 3 is 2.58 bits per heavy atom. The fourth-order valence-corrected chi connectivity index (χ4v) is 3.54. The van der Waals surface area contributed by atoms with Crippen molar-refractivity contribution in [3.63, 3.8) is 0 Å². The van der Waals surface area contributed by atoms with Gasteiger partial charge in [0, 0.05) is 6.54 Å². The van der Waals surface area contributed by atoms with E-state index in [9.17, 15) is 0 Å². The van der Waals surface area contributed by atoms with E-state index in [2.05, 4.69) is 39.6 Å². The van der Waals surface area contributed by atoms with Crippen LogP contribution in [0.2, 0.25) is 0 Å². The number of anilines is 1. The predicted octanol–water partition coefficient (Wildman–Crippen LogP) is 4.92. The summed E-state index contributed by atoms with van der Waals surface area (Å²) in [6.45, 7) is 1.42. The zero-order valence-corrected chi connectivity index (χ0v) is 15.1. The minimum atomic E-state index is 0.590. The highest BCUT2D eigenvalue weighted by molar-refractivity contribution is 7.17. The highest BCUT2D eigenvalue weighted by Gasteiger charge is 2.04. The summed E-state index contributed by atoms with van der Waals surface area (Å²) in [4.78, 5) is 8.61. The van der Waals surface area contributed by atoms with Gasteiger partial charge in [0.25, 0.3) is 0 Å². The van der Waals surface area contributed by atoms with Crippen molar-refractivity contribution < 1.29 is 4.74 Å². The van der Waals surface area contributed by atoms with Crippen molar-refractivity contribution in [2.75, 3.05) is 11.9 Å². The maximum atomic E-state index is 5.83. The van der Waals surface area contributed by atoms with Crippen LogP contribution in [-0.4, -0.2) is 16.5 Å². The van der Waals surface area contributed by atoms with Crippen molar-refractivity contribution in [2.45, 2.75) is 13.0 Å². The number of nitrogens with one attached hydrogen (secondary N) is 1. The third-order valence-corrected chi connectivity index (χ3v) is 5.03. The van der Waals surface area contributed by atoms with Crippen molar-refractivity contribution >= 4 is 27.4 Å². The highest BCUT2D eigenvalue weighted by atomic mass is 32.1. The molecule has 0 radical (unpaired) electrons. The smallest absolute Gasteiger partial charge is 0.147 e. The molecule has 2 aromatic carbocycles. The number of aromatic nitrogens is 2. The van der Waals surface area contributed by atoms with Crippen molar-refractivity contribution in [3.8, 4) is 5.75 Å². The summed E-state index contributed by atoms with van der Waals surface area (Å²) in [6, 6.07) is 20.5. The summed E-state index contributed by atoms with van der Waals surface area (Å²) in [5, 5.41) is 5.45. The van der Waals surface area contributed by atoms with Gasteiger partial charge in [-0.25, -0.2) is 9.97 Å². The molecule has 0 aliphatic heterocycles. The number of hydrogen-bond acceptors (Lipinski definition) is 5. The van der Waals surface area contributed by atoms with Crippen molar-refractivity contribution in [3.05, 3.63) is 83.5 Å². The van der Waals surface area contributed by atoms with E-state index in [1.165, 1.54) is 11.1 Å². The second kappa shape index (κ2) is 7.97. The number of ether oxygens (including phenoxy) is 1. The van der Waals surface area contributed by atoms with Gasteiger partial charge in [0.1, 0.15) is 24.5 Å². The molecule has 130 valence electrons. The van der Waals surface area contributed by atoms with Crippen molar-refractivity contribution in [1.82, 2.24) is 9.97 Å². The van der Waals surface area contributed by atoms with Gasteiger partial charge in [-0.15, -0.1) is 11.3 Å². The van der Waals surface area contributed by atoms with Crippen LogP contribution in [-0.2, 0) is 13.0 Å². The molecule has 1 N–H and O–H groups in total. The Morgan fingerprint density at radius 2 is 1.73 bits per heavy atom. The van der Waals surface area contributed by atoms with Crippen LogP contribution in [0.3, 0.4) is 0 Å². The van der Waals surface area contributed by atoms with Gasteiger partial charge in [-0.05, 0) is 41.1 Å². The average molecular weight is 361 g/mol. The van der Waals surface area contributed by atoms with Crippen molar-refractivity contribution in [2.24, 2.45) is 0 Å². The molecule has 0 saturated heterocycles. The molecule has 4 aromatic rings. The van der Waals surface area contributed by atoms with E-state index in [0.717, 1.165) is 34.7 Å². The van der Waals surface area contributed by atoms with Gasteiger partial charge in [-0.2, -0.15) is 0 Å². The Bertz CT molecular complexity index is 967. The van der Waals surface area contributed by atoms with Gasteiger partial charge >= 0.3 is 0 Å². The summed E-state index contributed by atoms with van der Waals surface area (Å²) in [5.41, 5.74) is 3.43. The molecule has 0 saturated carbocycles. The summed E-state index contributed by atoms with van der Waals surface area (Å²) in [5.74, 6) is 1.80. The summed E-state index contributed by atoms with van der Waals surface area (Å²) in [7, 11) is 0. The molecule has 0 aliphatic rings. The number of nitrogens with zero attached hydrogens (tertiary/aromatic N) is 2. The van der Waals surface area contributed by atoms with Crippen LogP contribution in [0, 0.1) is 0 Å². The quantitative estimate of drug-likeness (QED) is 0.507. The van der Waals surface area contributed by atoms with Crippen LogP contribution in [0.4, 0.5) is 5.82 Å². The van der Waals surface area contributed by atoms with Gasteiger partial charge in [-0.3, -0.25) is 0 Å². The normalized spacial score (nSPS) is 10.8. The zero-order valence-electron chi connectivity index (χ0n) is 14.3. The van der Waals surface area contributed by atoms with Crippen LogP contribution >= 0.6 is 11.3 Å². The summed E-state index contributed by atoms with van der Waals surface area (Å²) in [6.07, 6.45) is 2.53. The van der Waals surface area contributed by atoms with Gasteiger partial charge in [0.2, 0.25) is 0 Å². The van der Waals surface area contributed by atoms with Gasteiger partial charge in [-0.1, -0.05) is 42.5 Å². The van der Waals surface area contributed by atoms with Gasteiger partial charge in [0.15, 0.2) is 0 Å². The minimum absolute atomic E-state index is 0.590. The molecule has 2 aromatic heterocycles. The van der Waals surface area contributed by atoms with E-state index in [-0.39, 0.29) is 0 Å². The third kappa shape index (κ3) is 4.00. The van der Waals surface area contributed by atoms with E-state index in [1.807, 2.05) is 41.8 Å². The van der Waals surface area contributed by atoms with Crippen LogP contribution in [0.25, 0.3) is 10.2 Å². The molecule has 0 amide bonds. The SMILES string of the molecule is c1ccc(COc2ccc(CCNc3ncnc4ccsc34)cc2)cc1.